The van der Waals surface area contributed by atoms with Crippen LogP contribution < -0.4 is 10.6 Å². The summed E-state index contributed by atoms with van der Waals surface area (Å²) in [5.41, 5.74) is 0. The average molecular weight is 368 g/mol. The van der Waals surface area contributed by atoms with E-state index in [2.05, 4.69) is 15.5 Å². The van der Waals surface area contributed by atoms with Crippen molar-refractivity contribution in [2.24, 2.45) is 11.8 Å². The molecule has 0 unspecified atom stereocenters. The molecule has 0 aromatic carbocycles. The van der Waals surface area contributed by atoms with Crippen LogP contribution in [0.4, 0.5) is 0 Å². The molecule has 0 aliphatic carbocycles. The Hall–Kier alpha value is -0.940. The Balaban J connectivity index is 2.63. The second-order valence-corrected chi connectivity index (χ2v) is 8.71. The molecule has 0 spiro atoms. The van der Waals surface area contributed by atoms with E-state index >= 15 is 0 Å². The van der Waals surface area contributed by atoms with Crippen LogP contribution in [-0.2, 0) is 9.59 Å². The lowest BCUT2D eigenvalue weighted by Crippen LogP contribution is -2.54. The summed E-state index contributed by atoms with van der Waals surface area (Å²) in [5, 5.41) is 6.38. The van der Waals surface area contributed by atoms with Gasteiger partial charge < -0.3 is 15.5 Å². The number of nitrogens with one attached hydrogen (secondary N) is 2. The molecule has 26 heavy (non-hydrogen) atoms. The molecular formula is C21H41N3O2. The van der Waals surface area contributed by atoms with Crippen molar-refractivity contribution in [1.29, 1.82) is 0 Å². The van der Waals surface area contributed by atoms with Crippen molar-refractivity contribution in [3.05, 3.63) is 0 Å². The van der Waals surface area contributed by atoms with Gasteiger partial charge in [0, 0.05) is 12.0 Å². The van der Waals surface area contributed by atoms with E-state index in [0.29, 0.717) is 0 Å². The first-order valence-electron chi connectivity index (χ1n) is 10.5. The van der Waals surface area contributed by atoms with Gasteiger partial charge in [-0.15, -0.1) is 0 Å². The Labute approximate surface area is 160 Å². The zero-order valence-corrected chi connectivity index (χ0v) is 17.8. The summed E-state index contributed by atoms with van der Waals surface area (Å²) in [7, 11) is 0. The molecule has 0 bridgehead atoms. The number of rotatable bonds is 11. The van der Waals surface area contributed by atoms with Crippen molar-refractivity contribution >= 4 is 11.7 Å². The van der Waals surface area contributed by atoms with E-state index in [1.165, 1.54) is 32.4 Å². The highest BCUT2D eigenvalue weighted by Gasteiger charge is 2.28. The van der Waals surface area contributed by atoms with E-state index in [0.717, 1.165) is 19.4 Å². The number of nitrogens with zero attached hydrogens (tertiary/aromatic N) is 1. The zero-order valence-electron chi connectivity index (χ0n) is 17.8. The topological polar surface area (TPSA) is 61.4 Å². The van der Waals surface area contributed by atoms with Crippen LogP contribution in [0.15, 0.2) is 0 Å². The summed E-state index contributed by atoms with van der Waals surface area (Å²) >= 11 is 0. The minimum Gasteiger partial charge on any atom is -0.345 e. The minimum atomic E-state index is -0.373. The van der Waals surface area contributed by atoms with Crippen molar-refractivity contribution in [2.45, 2.75) is 91.8 Å². The molecule has 1 aliphatic heterocycles. The van der Waals surface area contributed by atoms with Gasteiger partial charge in [-0.3, -0.25) is 9.59 Å². The largest absolute Gasteiger partial charge is 0.345 e. The number of amides is 1. The van der Waals surface area contributed by atoms with E-state index in [4.69, 9.17) is 0 Å². The number of piperidine rings is 1. The fourth-order valence-electron chi connectivity index (χ4n) is 3.58. The highest BCUT2D eigenvalue weighted by atomic mass is 16.2. The van der Waals surface area contributed by atoms with Gasteiger partial charge in [-0.05, 0) is 51.2 Å². The fraction of sp³-hybridized carbons (Fsp3) is 0.905. The lowest BCUT2D eigenvalue weighted by molar-refractivity contribution is -0.131. The lowest BCUT2D eigenvalue weighted by Gasteiger charge is -2.29. The van der Waals surface area contributed by atoms with Crippen molar-refractivity contribution in [1.82, 2.24) is 15.5 Å². The smallest absolute Gasteiger partial charge is 0.237 e. The van der Waals surface area contributed by atoms with Crippen molar-refractivity contribution in [2.75, 3.05) is 19.6 Å². The van der Waals surface area contributed by atoms with Gasteiger partial charge in [0.1, 0.15) is 0 Å². The van der Waals surface area contributed by atoms with Crippen LogP contribution in [0.2, 0.25) is 0 Å². The summed E-state index contributed by atoms with van der Waals surface area (Å²) in [6.07, 6.45) is 5.57. The van der Waals surface area contributed by atoms with Gasteiger partial charge in [0.05, 0.1) is 12.1 Å². The van der Waals surface area contributed by atoms with Gasteiger partial charge >= 0.3 is 0 Å². The van der Waals surface area contributed by atoms with Gasteiger partial charge in [0.15, 0.2) is 5.78 Å². The second-order valence-electron chi connectivity index (χ2n) is 8.71. The predicted molar refractivity (Wildman–Crippen MR) is 108 cm³/mol. The van der Waals surface area contributed by atoms with Crippen LogP contribution in [0.3, 0.4) is 0 Å². The Kier molecular flexibility index (Phi) is 10.4. The number of Topliss-reactive ketones (excluding diaryl/α,β-unsaturated/α-hetero) is 1. The van der Waals surface area contributed by atoms with Crippen molar-refractivity contribution in [3.8, 4) is 0 Å². The summed E-state index contributed by atoms with van der Waals surface area (Å²) in [4.78, 5) is 27.9. The number of ketones is 1. The van der Waals surface area contributed by atoms with Crippen LogP contribution >= 0.6 is 0 Å². The standard InChI is InChI=1S/C21H41N3O2/c1-15(2)19(22-17(5)6)21(26)23-18(20(25)16(3)4)11-10-14-24-12-8-7-9-13-24/h15-19,22H,7-14H2,1-6H3,(H,23,26)/t18-,19-/m0/s1. The molecule has 0 radical (unpaired) electrons. The number of carbonyl (C=O) groups is 2. The van der Waals surface area contributed by atoms with E-state index in [1.807, 2.05) is 41.5 Å². The Bertz CT molecular complexity index is 429. The minimum absolute atomic E-state index is 0.0503. The predicted octanol–water partition coefficient (Wildman–Crippen LogP) is 2.99. The van der Waals surface area contributed by atoms with Gasteiger partial charge in [-0.25, -0.2) is 0 Å². The summed E-state index contributed by atoms with van der Waals surface area (Å²) in [6.45, 7) is 15.3. The highest BCUT2D eigenvalue weighted by Crippen LogP contribution is 2.13. The first-order chi connectivity index (χ1) is 12.2. The van der Waals surface area contributed by atoms with Crippen molar-refractivity contribution < 1.29 is 9.59 Å². The third-order valence-electron chi connectivity index (χ3n) is 5.11. The highest BCUT2D eigenvalue weighted by molar-refractivity contribution is 5.91. The van der Waals surface area contributed by atoms with Crippen LogP contribution in [-0.4, -0.2) is 54.4 Å². The zero-order chi connectivity index (χ0) is 19.7. The SMILES string of the molecule is CC(C)N[C@H](C(=O)N[C@@H](CCCN1CCCCC1)C(=O)C(C)C)C(C)C. The molecule has 2 atom stereocenters. The monoisotopic (exact) mass is 367 g/mol. The van der Waals surface area contributed by atoms with Crippen LogP contribution in [0.25, 0.3) is 0 Å². The van der Waals surface area contributed by atoms with Gasteiger partial charge in [0.2, 0.25) is 5.91 Å². The first kappa shape index (κ1) is 23.1. The van der Waals surface area contributed by atoms with E-state index in [-0.39, 0.29) is 41.7 Å². The number of likely N-dealkylation sites (tertiary alicyclic amines) is 1. The molecule has 0 saturated carbocycles. The third kappa shape index (κ3) is 8.17. The van der Waals surface area contributed by atoms with Gasteiger partial charge in [-0.2, -0.15) is 0 Å². The maximum atomic E-state index is 12.8. The molecule has 1 rings (SSSR count). The number of hydrogen-bond acceptors (Lipinski definition) is 4. The normalized spacial score (nSPS) is 18.3. The fourth-order valence-corrected chi connectivity index (χ4v) is 3.58. The molecule has 0 aromatic heterocycles. The molecule has 1 aliphatic rings. The summed E-state index contributed by atoms with van der Waals surface area (Å²) in [5.74, 6) is 0.209. The Morgan fingerprint density at radius 1 is 0.962 bits per heavy atom. The molecular weight excluding hydrogens is 326 g/mol. The molecule has 1 heterocycles. The lowest BCUT2D eigenvalue weighted by atomic mass is 9.96. The average Bonchev–Trinajstić information content (AvgIpc) is 2.58. The second kappa shape index (κ2) is 11.7. The Morgan fingerprint density at radius 3 is 2.08 bits per heavy atom. The van der Waals surface area contributed by atoms with E-state index in [1.54, 1.807) is 0 Å². The number of hydrogen-bond donors (Lipinski definition) is 2. The molecule has 5 nitrogen and oxygen atoms in total. The maximum absolute atomic E-state index is 12.8. The molecule has 2 N–H and O–H groups in total. The van der Waals surface area contributed by atoms with Gasteiger partial charge in [-0.1, -0.05) is 48.0 Å². The molecule has 152 valence electrons. The number of carbonyl (C=O) groups excluding carboxylic acids is 2. The van der Waals surface area contributed by atoms with Crippen LogP contribution in [0.1, 0.15) is 73.6 Å². The quantitative estimate of drug-likeness (QED) is 0.589. The summed E-state index contributed by atoms with van der Waals surface area (Å²) < 4.78 is 0. The molecule has 0 aromatic rings. The first-order valence-corrected chi connectivity index (χ1v) is 10.5. The van der Waals surface area contributed by atoms with E-state index in [9.17, 15) is 9.59 Å². The van der Waals surface area contributed by atoms with Crippen LogP contribution in [0, 0.1) is 11.8 Å². The molecule has 1 fully saturated rings. The molecule has 1 saturated heterocycles. The molecule has 5 heteroatoms. The third-order valence-corrected chi connectivity index (χ3v) is 5.11. The summed E-state index contributed by atoms with van der Waals surface area (Å²) in [6, 6.07) is -0.409. The van der Waals surface area contributed by atoms with Crippen LogP contribution in [0.5, 0.6) is 0 Å². The maximum Gasteiger partial charge on any atom is 0.237 e. The van der Waals surface area contributed by atoms with Crippen molar-refractivity contribution in [3.63, 3.8) is 0 Å². The molecule has 1 amide bonds. The van der Waals surface area contributed by atoms with E-state index < -0.39 is 0 Å². The van der Waals surface area contributed by atoms with Gasteiger partial charge in [0.25, 0.3) is 0 Å². The Morgan fingerprint density at radius 2 is 1.58 bits per heavy atom.